The van der Waals surface area contributed by atoms with Crippen LogP contribution in [0.3, 0.4) is 0 Å². The van der Waals surface area contributed by atoms with Gasteiger partial charge in [-0.2, -0.15) is 0 Å². The maximum absolute atomic E-state index is 12.0. The van der Waals surface area contributed by atoms with Crippen LogP contribution < -0.4 is 11.1 Å². The maximum Gasteiger partial charge on any atom is 0.419 e. The number of nitrogens with one attached hydrogen (secondary N) is 1. The predicted molar refractivity (Wildman–Crippen MR) is 86.1 cm³/mol. The molecule has 23 heavy (non-hydrogen) atoms. The summed E-state index contributed by atoms with van der Waals surface area (Å²) in [5, 5.41) is 12.1. The van der Waals surface area contributed by atoms with Crippen LogP contribution in [0, 0.1) is 5.92 Å². The number of aliphatic hydroxyl groups is 1. The van der Waals surface area contributed by atoms with Crippen LogP contribution in [0.2, 0.25) is 0 Å². The zero-order chi connectivity index (χ0) is 16.2. The van der Waals surface area contributed by atoms with Crippen LogP contribution in [0.25, 0.3) is 11.1 Å². The second-order valence-electron chi connectivity index (χ2n) is 6.22. The number of nitrogens with zero attached hydrogens (tertiary/aromatic N) is 1. The molecule has 0 spiro atoms. The van der Waals surface area contributed by atoms with Crippen molar-refractivity contribution in [2.24, 2.45) is 5.92 Å². The van der Waals surface area contributed by atoms with E-state index in [9.17, 15) is 9.59 Å². The molecular weight excluding hydrogens is 296 g/mol. The molecule has 124 valence electrons. The van der Waals surface area contributed by atoms with Crippen molar-refractivity contribution in [3.05, 3.63) is 34.8 Å². The number of carbonyl (C=O) groups excluding carboxylic acids is 1. The fraction of sp³-hybridized carbons (Fsp3) is 0.529. The summed E-state index contributed by atoms with van der Waals surface area (Å²) in [6.45, 7) is 0.663. The van der Waals surface area contributed by atoms with Gasteiger partial charge in [0.2, 0.25) is 5.91 Å². The van der Waals surface area contributed by atoms with Crippen LogP contribution in [0.1, 0.15) is 32.1 Å². The number of aromatic nitrogens is 1. The van der Waals surface area contributed by atoms with Crippen molar-refractivity contribution in [1.82, 2.24) is 9.88 Å². The maximum atomic E-state index is 12.0. The SMILES string of the molecule is O=C(CCCn1c(=O)oc2ccccc21)N[C@H]1CC[C@@H](CO)C1. The number of para-hydroxylation sites is 2. The largest absolute Gasteiger partial charge is 0.419 e. The molecule has 1 heterocycles. The molecule has 1 aromatic heterocycles. The van der Waals surface area contributed by atoms with E-state index >= 15 is 0 Å². The molecule has 2 aromatic rings. The summed E-state index contributed by atoms with van der Waals surface area (Å²) in [4.78, 5) is 23.8. The summed E-state index contributed by atoms with van der Waals surface area (Å²) in [6, 6.07) is 7.46. The number of fused-ring (bicyclic) bond motifs is 1. The minimum atomic E-state index is -0.381. The van der Waals surface area contributed by atoms with E-state index in [0.29, 0.717) is 30.9 Å². The number of hydrogen-bond acceptors (Lipinski definition) is 4. The molecule has 2 N–H and O–H groups in total. The normalized spacial score (nSPS) is 20.9. The Morgan fingerprint density at radius 1 is 1.35 bits per heavy atom. The van der Waals surface area contributed by atoms with Crippen LogP contribution in [-0.2, 0) is 11.3 Å². The van der Waals surface area contributed by atoms with Gasteiger partial charge in [-0.15, -0.1) is 0 Å². The second-order valence-corrected chi connectivity index (χ2v) is 6.22. The fourth-order valence-corrected chi connectivity index (χ4v) is 3.30. The van der Waals surface area contributed by atoms with Crippen LogP contribution in [0.4, 0.5) is 0 Å². The number of rotatable bonds is 6. The third-order valence-corrected chi connectivity index (χ3v) is 4.52. The number of hydrogen-bond donors (Lipinski definition) is 2. The quantitative estimate of drug-likeness (QED) is 0.848. The third-order valence-electron chi connectivity index (χ3n) is 4.52. The average molecular weight is 318 g/mol. The minimum absolute atomic E-state index is 0.00874. The van der Waals surface area contributed by atoms with E-state index in [1.54, 1.807) is 10.6 Å². The Labute approximate surface area is 134 Å². The number of aliphatic hydroxyl groups excluding tert-OH is 1. The Balaban J connectivity index is 1.50. The standard InChI is InChI=1S/C17H22N2O4/c20-11-12-7-8-13(10-12)18-16(21)6-3-9-19-14-4-1-2-5-15(14)23-17(19)22/h1-2,4-5,12-13,20H,3,6-11H2,(H,18,21)/t12-,13+/m1/s1. The van der Waals surface area contributed by atoms with E-state index in [1.165, 1.54) is 0 Å². The number of carbonyl (C=O) groups is 1. The Bertz CT molecular complexity index is 734. The molecule has 1 fully saturated rings. The van der Waals surface area contributed by atoms with Gasteiger partial charge in [-0.3, -0.25) is 9.36 Å². The van der Waals surface area contributed by atoms with E-state index in [2.05, 4.69) is 5.32 Å². The van der Waals surface area contributed by atoms with E-state index in [1.807, 2.05) is 18.2 Å². The van der Waals surface area contributed by atoms with Gasteiger partial charge in [-0.25, -0.2) is 4.79 Å². The van der Waals surface area contributed by atoms with Crippen molar-refractivity contribution in [1.29, 1.82) is 0 Å². The Morgan fingerprint density at radius 2 is 2.17 bits per heavy atom. The Hall–Kier alpha value is -2.08. The van der Waals surface area contributed by atoms with E-state index in [0.717, 1.165) is 24.8 Å². The zero-order valence-corrected chi connectivity index (χ0v) is 13.0. The molecule has 1 saturated carbocycles. The summed E-state index contributed by atoms with van der Waals surface area (Å²) in [5.41, 5.74) is 1.34. The first kappa shape index (κ1) is 15.8. The highest BCUT2D eigenvalue weighted by molar-refractivity contribution is 5.76. The minimum Gasteiger partial charge on any atom is -0.408 e. The third kappa shape index (κ3) is 3.64. The monoisotopic (exact) mass is 318 g/mol. The van der Waals surface area contributed by atoms with Crippen molar-refractivity contribution in [2.45, 2.75) is 44.7 Å². The van der Waals surface area contributed by atoms with Gasteiger partial charge in [-0.05, 0) is 43.7 Å². The number of amides is 1. The molecule has 0 unspecified atom stereocenters. The highest BCUT2D eigenvalue weighted by Crippen LogP contribution is 2.24. The molecule has 1 aromatic carbocycles. The van der Waals surface area contributed by atoms with E-state index < -0.39 is 0 Å². The van der Waals surface area contributed by atoms with Crippen molar-refractivity contribution in [2.75, 3.05) is 6.61 Å². The molecule has 6 nitrogen and oxygen atoms in total. The first-order chi connectivity index (χ1) is 11.2. The lowest BCUT2D eigenvalue weighted by Crippen LogP contribution is -2.33. The van der Waals surface area contributed by atoms with Crippen molar-refractivity contribution < 1.29 is 14.3 Å². The highest BCUT2D eigenvalue weighted by atomic mass is 16.4. The lowest BCUT2D eigenvalue weighted by molar-refractivity contribution is -0.121. The van der Waals surface area contributed by atoms with Gasteiger partial charge < -0.3 is 14.8 Å². The fourth-order valence-electron chi connectivity index (χ4n) is 3.30. The predicted octanol–water partition coefficient (Wildman–Crippen LogP) is 1.65. The summed E-state index contributed by atoms with van der Waals surface area (Å²) >= 11 is 0. The smallest absolute Gasteiger partial charge is 0.408 e. The van der Waals surface area contributed by atoms with E-state index in [-0.39, 0.29) is 24.3 Å². The van der Waals surface area contributed by atoms with Gasteiger partial charge in [0.25, 0.3) is 0 Å². The molecule has 1 amide bonds. The molecule has 1 aliphatic carbocycles. The van der Waals surface area contributed by atoms with Crippen LogP contribution in [-0.4, -0.2) is 28.2 Å². The number of oxazole rings is 1. The summed E-state index contributed by atoms with van der Waals surface area (Å²) in [7, 11) is 0. The molecular formula is C17H22N2O4. The molecule has 3 rings (SSSR count). The van der Waals surface area contributed by atoms with Gasteiger partial charge in [0.1, 0.15) is 0 Å². The van der Waals surface area contributed by atoms with Crippen molar-refractivity contribution in [3.63, 3.8) is 0 Å². The van der Waals surface area contributed by atoms with Crippen LogP contribution in [0.15, 0.2) is 33.5 Å². The number of aryl methyl sites for hydroxylation is 1. The molecule has 6 heteroatoms. The Morgan fingerprint density at radius 3 is 2.96 bits per heavy atom. The summed E-state index contributed by atoms with van der Waals surface area (Å²) < 4.78 is 6.74. The topological polar surface area (TPSA) is 84.5 Å². The van der Waals surface area contributed by atoms with E-state index in [4.69, 9.17) is 9.52 Å². The van der Waals surface area contributed by atoms with Gasteiger partial charge in [0.05, 0.1) is 5.52 Å². The van der Waals surface area contributed by atoms with Gasteiger partial charge >= 0.3 is 5.76 Å². The number of benzene rings is 1. The molecule has 2 atom stereocenters. The summed E-state index contributed by atoms with van der Waals surface area (Å²) in [5.74, 6) is -0.0567. The highest BCUT2D eigenvalue weighted by Gasteiger charge is 2.24. The Kier molecular flexibility index (Phi) is 4.81. The first-order valence-electron chi connectivity index (χ1n) is 8.16. The van der Waals surface area contributed by atoms with Gasteiger partial charge in [0, 0.05) is 25.6 Å². The lowest BCUT2D eigenvalue weighted by Gasteiger charge is -2.12. The van der Waals surface area contributed by atoms with Crippen molar-refractivity contribution in [3.8, 4) is 0 Å². The van der Waals surface area contributed by atoms with Crippen LogP contribution >= 0.6 is 0 Å². The molecule has 0 radical (unpaired) electrons. The second kappa shape index (κ2) is 7.00. The molecule has 0 saturated heterocycles. The van der Waals surface area contributed by atoms with Crippen molar-refractivity contribution >= 4 is 17.0 Å². The first-order valence-corrected chi connectivity index (χ1v) is 8.16. The van der Waals surface area contributed by atoms with Crippen LogP contribution in [0.5, 0.6) is 0 Å². The van der Waals surface area contributed by atoms with Gasteiger partial charge in [0.15, 0.2) is 5.58 Å². The molecule has 0 bridgehead atoms. The average Bonchev–Trinajstić information content (AvgIpc) is 3.12. The molecule has 0 aliphatic heterocycles. The lowest BCUT2D eigenvalue weighted by atomic mass is 10.1. The zero-order valence-electron chi connectivity index (χ0n) is 13.0. The van der Waals surface area contributed by atoms with Gasteiger partial charge in [-0.1, -0.05) is 12.1 Å². The summed E-state index contributed by atoms with van der Waals surface area (Å²) in [6.07, 6.45) is 3.73. The molecule has 1 aliphatic rings.